The zero-order valence-corrected chi connectivity index (χ0v) is 30.4. The van der Waals surface area contributed by atoms with Gasteiger partial charge in [0, 0.05) is 13.0 Å². The van der Waals surface area contributed by atoms with Crippen molar-refractivity contribution in [2.75, 3.05) is 7.11 Å². The Hall–Kier alpha value is -5.23. The Morgan fingerprint density at radius 2 is 1.43 bits per heavy atom. The standard InChI is InChI=1S/C42H50N4O7/c1-4-27(2)36(46-42(51)53-26-30-15-9-6-10-16-30)40(49)44-34(23-28-13-7-5-8-14-28)39(48)38(43-25-29-19-21-32(52-3)22-20-29)41(50)45-37-33-18-12-11-17-31(33)24-35(37)47/h5-22,27,34-39,43,47-48H,4,23-26H2,1-3H3,(H,44,49)(H,45,50)(H,46,51)/t27?,34-,35?,36?,37?,38+,39+/m0/s1. The van der Waals surface area contributed by atoms with Crippen LogP contribution in [0, 0.1) is 5.92 Å². The number of alkyl carbamates (subject to hydrolysis) is 1. The summed E-state index contributed by atoms with van der Waals surface area (Å²) >= 11 is 0. The number of fused-ring (bicyclic) bond motifs is 1. The highest BCUT2D eigenvalue weighted by Crippen LogP contribution is 2.31. The number of benzene rings is 4. The zero-order chi connectivity index (χ0) is 37.7. The first-order valence-corrected chi connectivity index (χ1v) is 18.1. The van der Waals surface area contributed by atoms with Gasteiger partial charge in [-0.1, -0.05) is 117 Å². The van der Waals surface area contributed by atoms with E-state index in [1.807, 2.05) is 111 Å². The lowest BCUT2D eigenvalue weighted by molar-refractivity contribution is -0.131. The van der Waals surface area contributed by atoms with Crippen molar-refractivity contribution < 1.29 is 34.1 Å². The molecule has 0 saturated heterocycles. The van der Waals surface area contributed by atoms with Crippen LogP contribution < -0.4 is 26.0 Å². The Balaban J connectivity index is 1.39. The second kappa shape index (κ2) is 19.0. The largest absolute Gasteiger partial charge is 0.497 e. The van der Waals surface area contributed by atoms with Crippen molar-refractivity contribution in [3.05, 3.63) is 137 Å². The lowest BCUT2D eigenvalue weighted by atomic mass is 9.93. The molecule has 0 aliphatic heterocycles. The third-order valence-corrected chi connectivity index (χ3v) is 9.83. The number of aliphatic hydroxyl groups excluding tert-OH is 2. The maximum atomic E-state index is 14.2. The monoisotopic (exact) mass is 722 g/mol. The van der Waals surface area contributed by atoms with Crippen LogP contribution in [0.3, 0.4) is 0 Å². The highest BCUT2D eigenvalue weighted by molar-refractivity contribution is 5.87. The van der Waals surface area contributed by atoms with Crippen LogP contribution in [0.1, 0.15) is 54.1 Å². The number of aliphatic hydroxyl groups is 2. The number of carbonyl (C=O) groups excluding carboxylic acids is 3. The molecule has 0 radical (unpaired) electrons. The minimum Gasteiger partial charge on any atom is -0.497 e. The normalized spacial score (nSPS) is 17.7. The average molecular weight is 723 g/mol. The van der Waals surface area contributed by atoms with Gasteiger partial charge in [0.2, 0.25) is 11.8 Å². The molecule has 4 aromatic carbocycles. The Kier molecular flexibility index (Phi) is 14.0. The van der Waals surface area contributed by atoms with Crippen LogP contribution in [0.5, 0.6) is 5.75 Å². The number of carbonyl (C=O) groups is 3. The zero-order valence-electron chi connectivity index (χ0n) is 30.4. The molecule has 5 rings (SSSR count). The molecule has 0 spiro atoms. The first-order valence-electron chi connectivity index (χ1n) is 18.1. The van der Waals surface area contributed by atoms with Gasteiger partial charge in [-0.15, -0.1) is 0 Å². The topological polar surface area (TPSA) is 158 Å². The smallest absolute Gasteiger partial charge is 0.408 e. The van der Waals surface area contributed by atoms with Gasteiger partial charge in [-0.05, 0) is 52.3 Å². The van der Waals surface area contributed by atoms with Crippen molar-refractivity contribution in [1.29, 1.82) is 0 Å². The molecule has 0 saturated carbocycles. The van der Waals surface area contributed by atoms with E-state index in [4.69, 9.17) is 9.47 Å². The second-order valence-corrected chi connectivity index (χ2v) is 13.5. The van der Waals surface area contributed by atoms with Gasteiger partial charge in [0.1, 0.15) is 24.4 Å². The maximum Gasteiger partial charge on any atom is 0.408 e. The molecular weight excluding hydrogens is 672 g/mol. The van der Waals surface area contributed by atoms with Gasteiger partial charge in [-0.3, -0.25) is 14.9 Å². The van der Waals surface area contributed by atoms with Gasteiger partial charge in [-0.2, -0.15) is 0 Å². The quantitative estimate of drug-likeness (QED) is 0.0939. The van der Waals surface area contributed by atoms with Crippen LogP contribution in [-0.2, 0) is 40.3 Å². The van der Waals surface area contributed by atoms with Gasteiger partial charge in [0.05, 0.1) is 31.4 Å². The van der Waals surface area contributed by atoms with Crippen LogP contribution in [0.25, 0.3) is 0 Å². The number of methoxy groups -OCH3 is 1. The molecule has 4 unspecified atom stereocenters. The van der Waals surface area contributed by atoms with E-state index < -0.39 is 54.3 Å². The van der Waals surface area contributed by atoms with Crippen LogP contribution >= 0.6 is 0 Å². The first kappa shape index (κ1) is 39.0. The molecule has 0 heterocycles. The summed E-state index contributed by atoms with van der Waals surface area (Å²) in [5, 5.41) is 35.1. The summed E-state index contributed by atoms with van der Waals surface area (Å²) < 4.78 is 10.7. The van der Waals surface area contributed by atoms with E-state index in [2.05, 4.69) is 21.3 Å². The molecule has 1 aliphatic carbocycles. The predicted molar refractivity (Wildman–Crippen MR) is 202 cm³/mol. The van der Waals surface area contributed by atoms with Crippen molar-refractivity contribution in [3.63, 3.8) is 0 Å². The van der Waals surface area contributed by atoms with E-state index in [-0.39, 0.29) is 25.5 Å². The first-order chi connectivity index (χ1) is 25.7. The van der Waals surface area contributed by atoms with Crippen molar-refractivity contribution in [1.82, 2.24) is 21.3 Å². The van der Waals surface area contributed by atoms with Crippen LogP contribution in [-0.4, -0.2) is 65.6 Å². The van der Waals surface area contributed by atoms with Gasteiger partial charge < -0.3 is 35.6 Å². The highest BCUT2D eigenvalue weighted by atomic mass is 16.5. The fraction of sp³-hybridized carbons (Fsp3) is 0.357. The molecule has 0 fully saturated rings. The third kappa shape index (κ3) is 10.7. The number of amides is 3. The van der Waals surface area contributed by atoms with Gasteiger partial charge in [-0.25, -0.2) is 4.79 Å². The van der Waals surface area contributed by atoms with Crippen molar-refractivity contribution in [2.24, 2.45) is 5.92 Å². The number of ether oxygens (including phenoxy) is 2. The molecule has 53 heavy (non-hydrogen) atoms. The molecule has 3 amide bonds. The molecule has 0 aromatic heterocycles. The van der Waals surface area contributed by atoms with E-state index in [0.29, 0.717) is 18.6 Å². The van der Waals surface area contributed by atoms with Crippen molar-refractivity contribution in [2.45, 2.75) is 82.6 Å². The summed E-state index contributed by atoms with van der Waals surface area (Å²) in [6.45, 7) is 4.01. The highest BCUT2D eigenvalue weighted by Gasteiger charge is 2.39. The van der Waals surface area contributed by atoms with E-state index in [1.54, 1.807) is 19.2 Å². The Morgan fingerprint density at radius 1 is 0.792 bits per heavy atom. The maximum absolute atomic E-state index is 14.2. The molecule has 11 heteroatoms. The van der Waals surface area contributed by atoms with E-state index >= 15 is 0 Å². The SMILES string of the molecule is CCC(C)C(NC(=O)OCc1ccccc1)C(=O)N[C@@H](Cc1ccccc1)[C@@H](O)[C@@H](NCc1ccc(OC)cc1)C(=O)NC1c2ccccc2CC1O. The van der Waals surface area contributed by atoms with E-state index in [9.17, 15) is 24.6 Å². The van der Waals surface area contributed by atoms with Crippen molar-refractivity contribution in [3.8, 4) is 5.75 Å². The number of hydrogen-bond donors (Lipinski definition) is 6. The molecule has 6 N–H and O–H groups in total. The molecule has 4 aromatic rings. The van der Waals surface area contributed by atoms with Crippen LogP contribution in [0.4, 0.5) is 4.79 Å². The van der Waals surface area contributed by atoms with Crippen LogP contribution in [0.15, 0.2) is 109 Å². The lowest BCUT2D eigenvalue weighted by Gasteiger charge is -2.33. The van der Waals surface area contributed by atoms with Crippen LogP contribution in [0.2, 0.25) is 0 Å². The summed E-state index contributed by atoms with van der Waals surface area (Å²) in [6, 6.07) is 29.6. The summed E-state index contributed by atoms with van der Waals surface area (Å²) in [5.41, 5.74) is 4.21. The van der Waals surface area contributed by atoms with E-state index in [0.717, 1.165) is 27.8 Å². The minimum absolute atomic E-state index is 0.0354. The fourth-order valence-corrected chi connectivity index (χ4v) is 6.55. The molecule has 0 bridgehead atoms. The van der Waals surface area contributed by atoms with Gasteiger partial charge in [0.15, 0.2) is 0 Å². The second-order valence-electron chi connectivity index (χ2n) is 13.5. The van der Waals surface area contributed by atoms with E-state index in [1.165, 1.54) is 0 Å². The molecular formula is C42H50N4O7. The summed E-state index contributed by atoms with van der Waals surface area (Å²) in [4.78, 5) is 41.3. The third-order valence-electron chi connectivity index (χ3n) is 9.83. The molecule has 11 nitrogen and oxygen atoms in total. The Labute approximate surface area is 311 Å². The predicted octanol–water partition coefficient (Wildman–Crippen LogP) is 4.36. The minimum atomic E-state index is -1.45. The summed E-state index contributed by atoms with van der Waals surface area (Å²) in [7, 11) is 1.58. The average Bonchev–Trinajstić information content (AvgIpc) is 3.50. The number of rotatable bonds is 17. The summed E-state index contributed by atoms with van der Waals surface area (Å²) in [6.07, 6.45) is -1.90. The lowest BCUT2D eigenvalue weighted by Crippen LogP contribution is -2.62. The molecule has 280 valence electrons. The Bertz CT molecular complexity index is 1770. The molecule has 7 atom stereocenters. The molecule has 1 aliphatic rings. The Morgan fingerprint density at radius 3 is 2.09 bits per heavy atom. The van der Waals surface area contributed by atoms with Gasteiger partial charge >= 0.3 is 6.09 Å². The fourth-order valence-electron chi connectivity index (χ4n) is 6.55. The summed E-state index contributed by atoms with van der Waals surface area (Å²) in [5.74, 6) is -0.674. The number of hydrogen-bond acceptors (Lipinski definition) is 8. The van der Waals surface area contributed by atoms with Crippen molar-refractivity contribution >= 4 is 17.9 Å². The number of nitrogens with one attached hydrogen (secondary N) is 4. The van der Waals surface area contributed by atoms with Gasteiger partial charge in [0.25, 0.3) is 0 Å².